The minimum atomic E-state index is -4.21. The summed E-state index contributed by atoms with van der Waals surface area (Å²) in [5.41, 5.74) is -0.839. The molecule has 1 aliphatic heterocycles. The first-order valence-corrected chi connectivity index (χ1v) is 8.75. The van der Waals surface area contributed by atoms with Crippen LogP contribution in [-0.4, -0.2) is 54.4 Å². The number of halogens is 4. The number of carbonyl (C=O) groups is 1. The fourth-order valence-electron chi connectivity index (χ4n) is 2.97. The molecule has 0 radical (unpaired) electrons. The molecule has 2 rings (SSSR count). The molecule has 0 aromatic heterocycles. The van der Waals surface area contributed by atoms with E-state index in [0.29, 0.717) is 23.4 Å². The van der Waals surface area contributed by atoms with Gasteiger partial charge in [0.1, 0.15) is 5.60 Å². The van der Waals surface area contributed by atoms with Gasteiger partial charge in [-0.1, -0.05) is 29.8 Å². The Morgan fingerprint density at radius 1 is 1.31 bits per heavy atom. The Hall–Kier alpha value is -1.51. The van der Waals surface area contributed by atoms with Gasteiger partial charge < -0.3 is 15.7 Å². The highest BCUT2D eigenvalue weighted by atomic mass is 35.5. The molecule has 146 valence electrons. The second-order valence-electron chi connectivity index (χ2n) is 6.75. The largest absolute Gasteiger partial charge is 0.401 e. The highest BCUT2D eigenvalue weighted by molar-refractivity contribution is 6.31. The van der Waals surface area contributed by atoms with Crippen LogP contribution in [0.5, 0.6) is 0 Å². The molecule has 0 bridgehead atoms. The first-order chi connectivity index (χ1) is 12.1. The molecular weight excluding hydrogens is 371 g/mol. The van der Waals surface area contributed by atoms with Crippen molar-refractivity contribution in [2.45, 2.75) is 37.6 Å². The summed E-state index contributed by atoms with van der Waals surface area (Å²) >= 11 is 6.07. The molecule has 1 aromatic carbocycles. The van der Waals surface area contributed by atoms with E-state index in [0.717, 1.165) is 0 Å². The standard InChI is InChI=1S/C17H23ClF3N3O2/c1-16(26,13-4-2-3-5-14(13)18)10-22-15(25)23-12-6-8-24(9-7-12)11-17(19,20)21/h2-5,12,26H,6-11H2,1H3,(H2,22,23,25). The molecule has 0 spiro atoms. The van der Waals surface area contributed by atoms with Crippen molar-refractivity contribution in [3.05, 3.63) is 34.9 Å². The average Bonchev–Trinajstić information content (AvgIpc) is 2.54. The maximum atomic E-state index is 12.4. The second kappa shape index (κ2) is 8.45. The van der Waals surface area contributed by atoms with Crippen molar-refractivity contribution in [1.82, 2.24) is 15.5 Å². The quantitative estimate of drug-likeness (QED) is 0.720. The van der Waals surface area contributed by atoms with E-state index in [1.165, 1.54) is 4.90 Å². The third kappa shape index (κ3) is 6.34. The van der Waals surface area contributed by atoms with Gasteiger partial charge >= 0.3 is 12.2 Å². The van der Waals surface area contributed by atoms with Crippen LogP contribution in [0.4, 0.5) is 18.0 Å². The molecule has 1 saturated heterocycles. The number of hydrogen-bond donors (Lipinski definition) is 3. The normalized spacial score (nSPS) is 19.0. The van der Waals surface area contributed by atoms with Crippen LogP contribution in [0.3, 0.4) is 0 Å². The van der Waals surface area contributed by atoms with Crippen LogP contribution in [0.25, 0.3) is 0 Å². The van der Waals surface area contributed by atoms with Gasteiger partial charge in [-0.3, -0.25) is 4.90 Å². The lowest BCUT2D eigenvalue weighted by molar-refractivity contribution is -0.148. The van der Waals surface area contributed by atoms with Crippen LogP contribution in [0, 0.1) is 0 Å². The minimum absolute atomic E-state index is 0.0461. The van der Waals surface area contributed by atoms with E-state index in [2.05, 4.69) is 10.6 Å². The van der Waals surface area contributed by atoms with Gasteiger partial charge in [0.2, 0.25) is 0 Å². The summed E-state index contributed by atoms with van der Waals surface area (Å²) < 4.78 is 37.1. The summed E-state index contributed by atoms with van der Waals surface area (Å²) in [4.78, 5) is 13.4. The van der Waals surface area contributed by atoms with Crippen LogP contribution in [0.2, 0.25) is 5.02 Å². The molecule has 1 aliphatic rings. The minimum Gasteiger partial charge on any atom is -0.384 e. The van der Waals surface area contributed by atoms with Crippen molar-refractivity contribution in [3.63, 3.8) is 0 Å². The van der Waals surface area contributed by atoms with Gasteiger partial charge in [0.25, 0.3) is 0 Å². The van der Waals surface area contributed by atoms with Crippen LogP contribution < -0.4 is 10.6 Å². The van der Waals surface area contributed by atoms with Crippen molar-refractivity contribution in [1.29, 1.82) is 0 Å². The zero-order valence-electron chi connectivity index (χ0n) is 14.4. The molecule has 3 N–H and O–H groups in total. The lowest BCUT2D eigenvalue weighted by Gasteiger charge is -2.33. The lowest BCUT2D eigenvalue weighted by Crippen LogP contribution is -2.51. The summed E-state index contributed by atoms with van der Waals surface area (Å²) in [5.74, 6) is 0. The van der Waals surface area contributed by atoms with Crippen molar-refractivity contribution >= 4 is 17.6 Å². The number of alkyl halides is 3. The first kappa shape index (κ1) is 20.8. The summed E-state index contributed by atoms with van der Waals surface area (Å²) in [6.45, 7) is 1.13. The summed E-state index contributed by atoms with van der Waals surface area (Å²) in [5, 5.41) is 16.3. The molecule has 1 unspecified atom stereocenters. The number of carbonyl (C=O) groups excluding carboxylic acids is 1. The maximum absolute atomic E-state index is 12.4. The SMILES string of the molecule is CC(O)(CNC(=O)NC1CCN(CC(F)(F)F)CC1)c1ccccc1Cl. The summed E-state index contributed by atoms with van der Waals surface area (Å²) in [6.07, 6.45) is -3.31. The predicted octanol–water partition coefficient (Wildman–Crippen LogP) is 2.87. The van der Waals surface area contributed by atoms with Crippen LogP contribution >= 0.6 is 11.6 Å². The Bertz CT molecular complexity index is 618. The van der Waals surface area contributed by atoms with E-state index < -0.39 is 24.4 Å². The van der Waals surface area contributed by atoms with E-state index >= 15 is 0 Å². The number of nitrogens with zero attached hydrogens (tertiary/aromatic N) is 1. The number of piperidine rings is 1. The molecule has 2 amide bonds. The van der Waals surface area contributed by atoms with Gasteiger partial charge in [0.05, 0.1) is 13.1 Å². The monoisotopic (exact) mass is 393 g/mol. The third-order valence-corrected chi connectivity index (χ3v) is 4.70. The lowest BCUT2D eigenvalue weighted by atomic mass is 9.96. The van der Waals surface area contributed by atoms with Gasteiger partial charge in [0.15, 0.2) is 0 Å². The third-order valence-electron chi connectivity index (χ3n) is 4.37. The molecular formula is C17H23ClF3N3O2. The molecule has 26 heavy (non-hydrogen) atoms. The molecule has 5 nitrogen and oxygen atoms in total. The Morgan fingerprint density at radius 3 is 2.50 bits per heavy atom. The van der Waals surface area contributed by atoms with E-state index in [-0.39, 0.29) is 25.7 Å². The zero-order valence-corrected chi connectivity index (χ0v) is 15.2. The number of benzene rings is 1. The van der Waals surface area contributed by atoms with E-state index in [1.54, 1.807) is 31.2 Å². The van der Waals surface area contributed by atoms with E-state index in [9.17, 15) is 23.1 Å². The zero-order chi connectivity index (χ0) is 19.4. The molecule has 0 aliphatic carbocycles. The Kier molecular flexibility index (Phi) is 6.76. The van der Waals surface area contributed by atoms with E-state index in [1.807, 2.05) is 0 Å². The van der Waals surface area contributed by atoms with Crippen molar-refractivity contribution in [3.8, 4) is 0 Å². The number of hydrogen-bond acceptors (Lipinski definition) is 3. The second-order valence-corrected chi connectivity index (χ2v) is 7.15. The number of aliphatic hydroxyl groups is 1. The topological polar surface area (TPSA) is 64.6 Å². The highest BCUT2D eigenvalue weighted by Gasteiger charge is 2.33. The van der Waals surface area contributed by atoms with Gasteiger partial charge in [-0.05, 0) is 25.8 Å². The van der Waals surface area contributed by atoms with Gasteiger partial charge in [-0.2, -0.15) is 13.2 Å². The number of urea groups is 1. The smallest absolute Gasteiger partial charge is 0.384 e. The predicted molar refractivity (Wildman–Crippen MR) is 93.1 cm³/mol. The Labute approximate surface area is 155 Å². The first-order valence-electron chi connectivity index (χ1n) is 8.38. The maximum Gasteiger partial charge on any atom is 0.401 e. The number of likely N-dealkylation sites (tertiary alicyclic amines) is 1. The fraction of sp³-hybridized carbons (Fsp3) is 0.588. The molecule has 1 heterocycles. The van der Waals surface area contributed by atoms with Crippen LogP contribution in [0.1, 0.15) is 25.3 Å². The fourth-order valence-corrected chi connectivity index (χ4v) is 3.31. The molecule has 1 aromatic rings. The Balaban J connectivity index is 1.77. The molecule has 0 saturated carbocycles. The van der Waals surface area contributed by atoms with Crippen molar-refractivity contribution in [2.24, 2.45) is 0 Å². The Morgan fingerprint density at radius 2 is 1.92 bits per heavy atom. The molecule has 9 heteroatoms. The van der Waals surface area contributed by atoms with E-state index in [4.69, 9.17) is 11.6 Å². The number of nitrogens with one attached hydrogen (secondary N) is 2. The summed E-state index contributed by atoms with van der Waals surface area (Å²) in [7, 11) is 0. The number of rotatable bonds is 5. The van der Waals surface area contributed by atoms with Crippen molar-refractivity contribution < 1.29 is 23.1 Å². The van der Waals surface area contributed by atoms with Crippen molar-refractivity contribution in [2.75, 3.05) is 26.2 Å². The number of amides is 2. The van der Waals surface area contributed by atoms with Gasteiger partial charge in [-0.25, -0.2) is 4.79 Å². The average molecular weight is 394 g/mol. The molecule has 1 atom stereocenters. The van der Waals surface area contributed by atoms with Crippen LogP contribution in [-0.2, 0) is 5.60 Å². The highest BCUT2D eigenvalue weighted by Crippen LogP contribution is 2.27. The molecule has 1 fully saturated rings. The van der Waals surface area contributed by atoms with Crippen LogP contribution in [0.15, 0.2) is 24.3 Å². The van der Waals surface area contributed by atoms with Gasteiger partial charge in [0, 0.05) is 29.7 Å². The van der Waals surface area contributed by atoms with Gasteiger partial charge in [-0.15, -0.1) is 0 Å². The summed E-state index contributed by atoms with van der Waals surface area (Å²) in [6, 6.07) is 6.16.